The number of alkyl carbamates (subject to hydrolysis) is 1. The number of rotatable bonds is 4. The second kappa shape index (κ2) is 6.92. The maximum atomic E-state index is 11.3. The molecule has 2 rings (SSSR count). The van der Waals surface area contributed by atoms with Gasteiger partial charge in [-0.2, -0.15) is 0 Å². The van der Waals surface area contributed by atoms with Crippen molar-refractivity contribution >= 4 is 12.1 Å². The van der Waals surface area contributed by atoms with Crippen LogP contribution < -0.4 is 5.32 Å². The Morgan fingerprint density at radius 2 is 2.00 bits per heavy atom. The molecule has 1 saturated carbocycles. The molecule has 0 bridgehead atoms. The van der Waals surface area contributed by atoms with Crippen LogP contribution in [0.15, 0.2) is 0 Å². The zero-order chi connectivity index (χ0) is 14.5. The SMILES string of the molecule is COC(=O)NC1CC(C(=O)O)CN(CC2CCCC2)C1. The number of carboxylic acid groups (broad SMARTS) is 1. The molecule has 2 aliphatic rings. The minimum absolute atomic E-state index is 0.140. The lowest BCUT2D eigenvalue weighted by Gasteiger charge is -2.37. The summed E-state index contributed by atoms with van der Waals surface area (Å²) in [6, 6.07) is -0.140. The fourth-order valence-corrected chi connectivity index (χ4v) is 3.41. The van der Waals surface area contributed by atoms with E-state index in [1.54, 1.807) is 0 Å². The highest BCUT2D eigenvalue weighted by Gasteiger charge is 2.33. The molecule has 6 nitrogen and oxygen atoms in total. The highest BCUT2D eigenvalue weighted by atomic mass is 16.5. The number of piperidine rings is 1. The lowest BCUT2D eigenvalue weighted by molar-refractivity contribution is -0.144. The number of hydrogen-bond acceptors (Lipinski definition) is 4. The molecule has 0 aromatic carbocycles. The molecule has 0 radical (unpaired) electrons. The summed E-state index contributed by atoms with van der Waals surface area (Å²) in [7, 11) is 1.32. The summed E-state index contributed by atoms with van der Waals surface area (Å²) in [4.78, 5) is 24.8. The molecule has 0 spiro atoms. The van der Waals surface area contributed by atoms with Gasteiger partial charge < -0.3 is 20.1 Å². The quantitative estimate of drug-likeness (QED) is 0.813. The summed E-state index contributed by atoms with van der Waals surface area (Å²) in [5.74, 6) is -0.508. The van der Waals surface area contributed by atoms with Crippen LogP contribution in [0.3, 0.4) is 0 Å². The van der Waals surface area contributed by atoms with Gasteiger partial charge in [0, 0.05) is 25.7 Å². The Kier molecular flexibility index (Phi) is 5.23. The lowest BCUT2D eigenvalue weighted by Crippen LogP contribution is -2.53. The molecular formula is C14H24N2O4. The van der Waals surface area contributed by atoms with Gasteiger partial charge in [-0.1, -0.05) is 12.8 Å². The average molecular weight is 284 g/mol. The molecular weight excluding hydrogens is 260 g/mol. The summed E-state index contributed by atoms with van der Waals surface area (Å²) in [6.07, 6.45) is 5.04. The van der Waals surface area contributed by atoms with Crippen LogP contribution in [0, 0.1) is 11.8 Å². The van der Waals surface area contributed by atoms with Crippen molar-refractivity contribution in [3.05, 3.63) is 0 Å². The summed E-state index contributed by atoms with van der Waals surface area (Å²) < 4.78 is 4.60. The van der Waals surface area contributed by atoms with Crippen LogP contribution in [-0.4, -0.2) is 54.9 Å². The number of likely N-dealkylation sites (tertiary alicyclic amines) is 1. The maximum absolute atomic E-state index is 11.3. The topological polar surface area (TPSA) is 78.9 Å². The van der Waals surface area contributed by atoms with Crippen LogP contribution in [0.5, 0.6) is 0 Å². The second-order valence-electron chi connectivity index (χ2n) is 5.97. The Morgan fingerprint density at radius 3 is 2.60 bits per heavy atom. The van der Waals surface area contributed by atoms with Crippen molar-refractivity contribution in [3.8, 4) is 0 Å². The van der Waals surface area contributed by atoms with Gasteiger partial charge in [-0.15, -0.1) is 0 Å². The van der Waals surface area contributed by atoms with Crippen molar-refractivity contribution in [2.45, 2.75) is 38.1 Å². The predicted octanol–water partition coefficient (Wildman–Crippen LogP) is 1.31. The number of nitrogens with one attached hydrogen (secondary N) is 1. The molecule has 0 aromatic heterocycles. The normalized spacial score (nSPS) is 28.2. The van der Waals surface area contributed by atoms with E-state index in [-0.39, 0.29) is 6.04 Å². The molecule has 0 aromatic rings. The van der Waals surface area contributed by atoms with Crippen LogP contribution in [0.25, 0.3) is 0 Å². The molecule has 1 heterocycles. The van der Waals surface area contributed by atoms with E-state index in [0.29, 0.717) is 18.9 Å². The van der Waals surface area contributed by atoms with Crippen molar-refractivity contribution < 1.29 is 19.4 Å². The number of carbonyl (C=O) groups excluding carboxylic acids is 1. The van der Waals surface area contributed by atoms with E-state index in [4.69, 9.17) is 0 Å². The molecule has 6 heteroatoms. The Balaban J connectivity index is 1.92. The van der Waals surface area contributed by atoms with Gasteiger partial charge >= 0.3 is 12.1 Å². The molecule has 2 atom stereocenters. The number of ether oxygens (including phenoxy) is 1. The predicted molar refractivity (Wildman–Crippen MR) is 73.5 cm³/mol. The highest BCUT2D eigenvalue weighted by molar-refractivity contribution is 5.71. The summed E-state index contributed by atoms with van der Waals surface area (Å²) in [5.41, 5.74) is 0. The van der Waals surface area contributed by atoms with Crippen molar-refractivity contribution in [2.24, 2.45) is 11.8 Å². The van der Waals surface area contributed by atoms with Crippen molar-refractivity contribution in [1.82, 2.24) is 10.2 Å². The standard InChI is InChI=1S/C14H24N2O4/c1-20-14(19)15-12-6-11(13(17)18)8-16(9-12)7-10-4-2-3-5-10/h10-12H,2-9H2,1H3,(H,15,19)(H,17,18). The van der Waals surface area contributed by atoms with E-state index in [2.05, 4.69) is 15.0 Å². The fourth-order valence-electron chi connectivity index (χ4n) is 3.41. The Labute approximate surface area is 119 Å². The zero-order valence-corrected chi connectivity index (χ0v) is 12.0. The molecule has 114 valence electrons. The minimum Gasteiger partial charge on any atom is -0.481 e. The number of amides is 1. The van der Waals surface area contributed by atoms with Crippen LogP contribution in [0.2, 0.25) is 0 Å². The number of nitrogens with zero attached hydrogens (tertiary/aromatic N) is 1. The Morgan fingerprint density at radius 1 is 1.30 bits per heavy atom. The fraction of sp³-hybridized carbons (Fsp3) is 0.857. The maximum Gasteiger partial charge on any atom is 0.407 e. The van der Waals surface area contributed by atoms with Crippen LogP contribution >= 0.6 is 0 Å². The highest BCUT2D eigenvalue weighted by Crippen LogP contribution is 2.27. The van der Waals surface area contributed by atoms with Gasteiger partial charge in [0.1, 0.15) is 0 Å². The Hall–Kier alpha value is -1.30. The van der Waals surface area contributed by atoms with Crippen LogP contribution in [-0.2, 0) is 9.53 Å². The molecule has 1 saturated heterocycles. The van der Waals surface area contributed by atoms with E-state index in [1.807, 2.05) is 0 Å². The number of carbonyl (C=O) groups is 2. The first-order valence-corrected chi connectivity index (χ1v) is 7.38. The number of carboxylic acids is 1. The first-order valence-electron chi connectivity index (χ1n) is 7.38. The second-order valence-corrected chi connectivity index (χ2v) is 5.97. The zero-order valence-electron chi connectivity index (χ0n) is 12.0. The molecule has 1 amide bonds. The van der Waals surface area contributed by atoms with E-state index in [0.717, 1.165) is 13.1 Å². The molecule has 2 unspecified atom stereocenters. The monoisotopic (exact) mass is 284 g/mol. The van der Waals surface area contributed by atoms with Crippen LogP contribution in [0.1, 0.15) is 32.1 Å². The first-order chi connectivity index (χ1) is 9.58. The largest absolute Gasteiger partial charge is 0.481 e. The Bertz CT molecular complexity index is 355. The molecule has 1 aliphatic heterocycles. The summed E-state index contributed by atoms with van der Waals surface area (Å²) in [6.45, 7) is 2.25. The lowest BCUT2D eigenvalue weighted by atomic mass is 9.93. The van der Waals surface area contributed by atoms with E-state index in [9.17, 15) is 14.7 Å². The molecule has 2 N–H and O–H groups in total. The van der Waals surface area contributed by atoms with Crippen molar-refractivity contribution in [2.75, 3.05) is 26.7 Å². The van der Waals surface area contributed by atoms with E-state index < -0.39 is 18.0 Å². The summed E-state index contributed by atoms with van der Waals surface area (Å²) >= 11 is 0. The average Bonchev–Trinajstić information content (AvgIpc) is 2.91. The third-order valence-electron chi connectivity index (χ3n) is 4.37. The van der Waals surface area contributed by atoms with Gasteiger partial charge in [-0.3, -0.25) is 4.79 Å². The van der Waals surface area contributed by atoms with Gasteiger partial charge in [0.05, 0.1) is 13.0 Å². The first kappa shape index (κ1) is 15.1. The third kappa shape index (κ3) is 4.10. The molecule has 1 aliphatic carbocycles. The van der Waals surface area contributed by atoms with Crippen molar-refractivity contribution in [3.63, 3.8) is 0 Å². The number of aliphatic carboxylic acids is 1. The number of methoxy groups -OCH3 is 1. The number of hydrogen-bond donors (Lipinski definition) is 2. The van der Waals surface area contributed by atoms with Gasteiger partial charge in [-0.25, -0.2) is 4.79 Å². The minimum atomic E-state index is -0.780. The van der Waals surface area contributed by atoms with Crippen LogP contribution in [0.4, 0.5) is 4.79 Å². The smallest absolute Gasteiger partial charge is 0.407 e. The van der Waals surface area contributed by atoms with Gasteiger partial charge in [-0.05, 0) is 25.2 Å². The van der Waals surface area contributed by atoms with Crippen molar-refractivity contribution in [1.29, 1.82) is 0 Å². The molecule has 20 heavy (non-hydrogen) atoms. The van der Waals surface area contributed by atoms with E-state index in [1.165, 1.54) is 32.8 Å². The van der Waals surface area contributed by atoms with Gasteiger partial charge in [0.2, 0.25) is 0 Å². The molecule has 2 fully saturated rings. The third-order valence-corrected chi connectivity index (χ3v) is 4.37. The van der Waals surface area contributed by atoms with Gasteiger partial charge in [0.15, 0.2) is 0 Å². The van der Waals surface area contributed by atoms with Gasteiger partial charge in [0.25, 0.3) is 0 Å². The van der Waals surface area contributed by atoms with E-state index >= 15 is 0 Å². The summed E-state index contributed by atoms with van der Waals surface area (Å²) in [5, 5.41) is 12.0.